The number of amides is 1. The maximum Gasteiger partial charge on any atom is 0.268 e. The molecular weight excluding hydrogens is 888 g/mol. The first-order valence-electron chi connectivity index (χ1n) is 28.9. The van der Waals surface area contributed by atoms with Crippen LogP contribution < -0.4 is 10.2 Å². The number of nitrogens with zero attached hydrogens (tertiary/aromatic N) is 1. The lowest BCUT2D eigenvalue weighted by molar-refractivity contribution is -0.870. The van der Waals surface area contributed by atoms with Crippen molar-refractivity contribution in [2.24, 2.45) is 0 Å². The standard InChI is InChI=1S/C61H111N2O6P/c1-6-8-10-12-14-16-18-19-20-21-22-23-24-25-26-27-28-29-30-31-32-33-34-35-36-37-38-39-40-41-42-43-45-47-49-51-53-55-61(65)62-59(58-69-70(66,67)68-57-56-63(3,4)5)60(64)54-52-50-48-46-44-17-15-13-11-9-7-2/h8,10,14,16,19-20,22-23,25-26,28-29,52,54,59-60,64H,6-7,9,11-13,15,17-18,21,24,27,30-51,53,55-58H2,1-5H3,(H-,62,65,66,67)/b10-8-,16-14-,20-19-,23-22-,26-25-,29-28-,54-52+. The smallest absolute Gasteiger partial charge is 0.268 e. The van der Waals surface area contributed by atoms with E-state index in [-0.39, 0.29) is 19.1 Å². The summed E-state index contributed by atoms with van der Waals surface area (Å²) >= 11 is 0. The maximum absolute atomic E-state index is 12.9. The number of aliphatic hydroxyl groups is 1. The van der Waals surface area contributed by atoms with Gasteiger partial charge in [-0.15, -0.1) is 0 Å². The third-order valence-electron chi connectivity index (χ3n) is 12.6. The lowest BCUT2D eigenvalue weighted by atomic mass is 10.0. The van der Waals surface area contributed by atoms with E-state index in [0.29, 0.717) is 17.4 Å². The molecule has 0 fully saturated rings. The normalized spacial score (nSPS) is 14.6. The summed E-state index contributed by atoms with van der Waals surface area (Å²) in [5.74, 6) is -0.199. The molecule has 0 aliphatic rings. The highest BCUT2D eigenvalue weighted by molar-refractivity contribution is 7.45. The molecule has 9 heteroatoms. The highest BCUT2D eigenvalue weighted by Crippen LogP contribution is 2.38. The van der Waals surface area contributed by atoms with Crippen molar-refractivity contribution in [2.45, 2.75) is 257 Å². The summed E-state index contributed by atoms with van der Waals surface area (Å²) in [5.41, 5.74) is 0. The zero-order chi connectivity index (χ0) is 51.3. The largest absolute Gasteiger partial charge is 0.756 e. The van der Waals surface area contributed by atoms with Crippen LogP contribution in [0.25, 0.3) is 0 Å². The number of carbonyl (C=O) groups excluding carboxylic acids is 1. The summed E-state index contributed by atoms with van der Waals surface area (Å²) in [4.78, 5) is 25.4. The number of allylic oxidation sites excluding steroid dienone is 13. The Balaban J connectivity index is 3.95. The van der Waals surface area contributed by atoms with Crippen molar-refractivity contribution >= 4 is 13.7 Å². The first-order chi connectivity index (χ1) is 34.0. The fourth-order valence-electron chi connectivity index (χ4n) is 8.10. The molecule has 0 heterocycles. The van der Waals surface area contributed by atoms with Crippen molar-refractivity contribution in [3.63, 3.8) is 0 Å². The van der Waals surface area contributed by atoms with Gasteiger partial charge in [0, 0.05) is 6.42 Å². The molecule has 3 atom stereocenters. The minimum atomic E-state index is -4.59. The number of rotatable bonds is 52. The number of unbranched alkanes of at least 4 members (excludes halogenated alkanes) is 27. The van der Waals surface area contributed by atoms with E-state index in [2.05, 4.69) is 92.1 Å². The summed E-state index contributed by atoms with van der Waals surface area (Å²) in [7, 11) is 1.26. The third-order valence-corrected chi connectivity index (χ3v) is 13.6. The third kappa shape index (κ3) is 53.5. The van der Waals surface area contributed by atoms with Gasteiger partial charge in [0.2, 0.25) is 5.91 Å². The number of phosphoric ester groups is 1. The monoisotopic (exact) mass is 999 g/mol. The van der Waals surface area contributed by atoms with Crippen molar-refractivity contribution < 1.29 is 32.9 Å². The molecule has 0 saturated carbocycles. The zero-order valence-corrected chi connectivity index (χ0v) is 47.1. The molecule has 0 aliphatic heterocycles. The summed E-state index contributed by atoms with van der Waals surface area (Å²) in [5, 5.41) is 13.8. The molecule has 0 rings (SSSR count). The van der Waals surface area contributed by atoms with Gasteiger partial charge in [0.05, 0.1) is 39.9 Å². The number of hydrogen-bond acceptors (Lipinski definition) is 6. The van der Waals surface area contributed by atoms with Crippen LogP contribution in [0.3, 0.4) is 0 Å². The molecular formula is C61H111N2O6P. The topological polar surface area (TPSA) is 108 Å². The molecule has 1 amide bonds. The number of nitrogens with one attached hydrogen (secondary N) is 1. The van der Waals surface area contributed by atoms with Crippen LogP contribution in [-0.2, 0) is 18.4 Å². The van der Waals surface area contributed by atoms with Crippen LogP contribution in [0.5, 0.6) is 0 Å². The molecule has 8 nitrogen and oxygen atoms in total. The number of likely N-dealkylation sites (N-methyl/N-ethyl adjacent to an activating group) is 1. The second-order valence-corrected chi connectivity index (χ2v) is 22.0. The minimum absolute atomic E-state index is 0.00240. The van der Waals surface area contributed by atoms with Gasteiger partial charge in [0.15, 0.2) is 0 Å². The Hall–Kier alpha value is -2.32. The molecule has 0 saturated heterocycles. The second kappa shape index (κ2) is 51.6. The molecule has 0 bridgehead atoms. The minimum Gasteiger partial charge on any atom is -0.756 e. The van der Waals surface area contributed by atoms with Crippen LogP contribution in [0.4, 0.5) is 0 Å². The molecule has 0 aromatic rings. The molecule has 406 valence electrons. The number of quaternary nitrogens is 1. The molecule has 0 spiro atoms. The van der Waals surface area contributed by atoms with E-state index in [1.807, 2.05) is 27.2 Å². The van der Waals surface area contributed by atoms with Gasteiger partial charge in [-0.1, -0.05) is 253 Å². The van der Waals surface area contributed by atoms with Crippen LogP contribution in [0.2, 0.25) is 0 Å². The number of aliphatic hydroxyl groups excluding tert-OH is 1. The van der Waals surface area contributed by atoms with Crippen molar-refractivity contribution in [3.8, 4) is 0 Å². The van der Waals surface area contributed by atoms with Crippen LogP contribution in [-0.4, -0.2) is 68.5 Å². The fourth-order valence-corrected chi connectivity index (χ4v) is 8.82. The summed E-state index contributed by atoms with van der Waals surface area (Å²) in [6.07, 6.45) is 72.5. The van der Waals surface area contributed by atoms with Gasteiger partial charge in [0.25, 0.3) is 7.82 Å². The van der Waals surface area contributed by atoms with Crippen LogP contribution in [0, 0.1) is 0 Å². The van der Waals surface area contributed by atoms with E-state index < -0.39 is 20.0 Å². The molecule has 70 heavy (non-hydrogen) atoms. The van der Waals surface area contributed by atoms with Crippen molar-refractivity contribution in [3.05, 3.63) is 85.1 Å². The summed E-state index contributed by atoms with van der Waals surface area (Å²) in [6, 6.07) is -0.887. The lowest BCUT2D eigenvalue weighted by Crippen LogP contribution is -2.45. The first kappa shape index (κ1) is 67.7. The number of hydrogen-bond donors (Lipinski definition) is 2. The van der Waals surface area contributed by atoms with Crippen molar-refractivity contribution in [2.75, 3.05) is 40.9 Å². The maximum atomic E-state index is 12.9. The van der Waals surface area contributed by atoms with E-state index in [1.54, 1.807) is 6.08 Å². The highest BCUT2D eigenvalue weighted by Gasteiger charge is 2.23. The van der Waals surface area contributed by atoms with Gasteiger partial charge in [-0.2, -0.15) is 0 Å². The Morgan fingerprint density at radius 2 is 0.871 bits per heavy atom. The summed E-state index contributed by atoms with van der Waals surface area (Å²) in [6.45, 7) is 4.52. The van der Waals surface area contributed by atoms with Crippen molar-refractivity contribution in [1.82, 2.24) is 5.32 Å². The number of phosphoric acid groups is 1. The van der Waals surface area contributed by atoms with E-state index in [1.165, 1.54) is 148 Å². The molecule has 0 aromatic carbocycles. The van der Waals surface area contributed by atoms with Crippen LogP contribution >= 0.6 is 7.82 Å². The van der Waals surface area contributed by atoms with Gasteiger partial charge in [-0.3, -0.25) is 9.36 Å². The van der Waals surface area contributed by atoms with E-state index in [0.717, 1.165) is 77.0 Å². The number of carbonyl (C=O) groups is 1. The van der Waals surface area contributed by atoms with Crippen LogP contribution in [0.1, 0.15) is 245 Å². The SMILES string of the molecule is CC/C=C\C/C=C\C/C=C\C/C=C\C/C=C\C/C=C\CCCCCCCCCCCCCCCCCCCCC(=O)NC(COP(=O)([O-])OCC[N+](C)(C)C)C(O)/C=C/CCCCCCCCCCC. The van der Waals surface area contributed by atoms with E-state index >= 15 is 0 Å². The predicted octanol–water partition coefficient (Wildman–Crippen LogP) is 17.0. The molecule has 3 unspecified atom stereocenters. The molecule has 2 N–H and O–H groups in total. The Morgan fingerprint density at radius 1 is 0.514 bits per heavy atom. The first-order valence-corrected chi connectivity index (χ1v) is 30.4. The van der Waals surface area contributed by atoms with Gasteiger partial charge < -0.3 is 28.8 Å². The Bertz CT molecular complexity index is 1410. The fraction of sp³-hybridized carbons (Fsp3) is 0.754. The predicted molar refractivity (Wildman–Crippen MR) is 302 cm³/mol. The van der Waals surface area contributed by atoms with Crippen LogP contribution in [0.15, 0.2) is 85.1 Å². The summed E-state index contributed by atoms with van der Waals surface area (Å²) < 4.78 is 23.3. The van der Waals surface area contributed by atoms with Gasteiger partial charge in [0.1, 0.15) is 13.2 Å². The highest BCUT2D eigenvalue weighted by atomic mass is 31.2. The zero-order valence-electron chi connectivity index (χ0n) is 46.2. The molecule has 0 aromatic heterocycles. The lowest BCUT2D eigenvalue weighted by Gasteiger charge is -2.29. The van der Waals surface area contributed by atoms with Gasteiger partial charge in [-0.25, -0.2) is 0 Å². The Labute approximate surface area is 433 Å². The Kier molecular flexibility index (Phi) is 49.9. The van der Waals surface area contributed by atoms with Gasteiger partial charge >= 0.3 is 0 Å². The molecule has 0 radical (unpaired) electrons. The van der Waals surface area contributed by atoms with Gasteiger partial charge in [-0.05, 0) is 70.6 Å². The average molecular weight is 1000 g/mol. The average Bonchev–Trinajstić information content (AvgIpc) is 3.32. The molecule has 0 aliphatic carbocycles. The second-order valence-electron chi connectivity index (χ2n) is 20.6. The van der Waals surface area contributed by atoms with E-state index in [9.17, 15) is 19.4 Å². The quantitative estimate of drug-likeness (QED) is 0.0272. The van der Waals surface area contributed by atoms with Crippen molar-refractivity contribution in [1.29, 1.82) is 0 Å². The Morgan fingerprint density at radius 3 is 1.27 bits per heavy atom. The van der Waals surface area contributed by atoms with E-state index in [4.69, 9.17) is 9.05 Å².